The number of thioether (sulfide) groups is 1. The average Bonchev–Trinajstić information content (AvgIpc) is 2.81. The molecule has 2 aliphatic heterocycles. The second kappa shape index (κ2) is 11.9. The normalized spacial score (nSPS) is 20.5. The zero-order valence-electron chi connectivity index (χ0n) is 19.0. The number of halogens is 1. The molecule has 0 radical (unpaired) electrons. The lowest BCUT2D eigenvalue weighted by Gasteiger charge is -2.40. The van der Waals surface area contributed by atoms with Crippen LogP contribution in [-0.4, -0.2) is 57.1 Å². The van der Waals surface area contributed by atoms with Gasteiger partial charge in [0.1, 0.15) is 21.5 Å². The fourth-order valence-corrected chi connectivity index (χ4v) is 4.77. The van der Waals surface area contributed by atoms with Gasteiger partial charge in [-0.05, 0) is 54.6 Å². The van der Waals surface area contributed by atoms with Gasteiger partial charge in [0.25, 0.3) is 0 Å². The molecule has 1 atom stereocenters. The van der Waals surface area contributed by atoms with Crippen LogP contribution in [0, 0.1) is 0 Å². The highest BCUT2D eigenvalue weighted by Gasteiger charge is 2.33. The number of hydrogen-bond donors (Lipinski definition) is 1. The summed E-state index contributed by atoms with van der Waals surface area (Å²) in [6.07, 6.45) is 10.7. The predicted molar refractivity (Wildman–Crippen MR) is 128 cm³/mol. The van der Waals surface area contributed by atoms with E-state index in [2.05, 4.69) is 28.6 Å². The molecular formula is C23H35ClN2O3S. The molecule has 168 valence electrons. The molecule has 0 bridgehead atoms. The highest BCUT2D eigenvalue weighted by Crippen LogP contribution is 2.38. The van der Waals surface area contributed by atoms with Gasteiger partial charge in [0.15, 0.2) is 0 Å². The Hall–Kier alpha value is -1.34. The Morgan fingerprint density at radius 2 is 1.73 bits per heavy atom. The number of methoxy groups -OCH3 is 3. The Morgan fingerprint density at radius 1 is 1.13 bits per heavy atom. The van der Waals surface area contributed by atoms with E-state index in [0.717, 1.165) is 38.0 Å². The first-order valence-corrected chi connectivity index (χ1v) is 12.0. The van der Waals surface area contributed by atoms with E-state index < -0.39 is 0 Å². The monoisotopic (exact) mass is 454 g/mol. The van der Waals surface area contributed by atoms with Crippen molar-refractivity contribution >= 4 is 23.4 Å². The van der Waals surface area contributed by atoms with Crippen LogP contribution in [0.3, 0.4) is 0 Å². The fraction of sp³-hybridized carbons (Fsp3) is 0.565. The van der Waals surface area contributed by atoms with Gasteiger partial charge in [0.05, 0.1) is 20.3 Å². The molecule has 5 nitrogen and oxygen atoms in total. The minimum Gasteiger partial charge on any atom is -0.495 e. The van der Waals surface area contributed by atoms with E-state index >= 15 is 0 Å². The molecule has 0 aromatic heterocycles. The van der Waals surface area contributed by atoms with Gasteiger partial charge in [0, 0.05) is 26.7 Å². The topological polar surface area (TPSA) is 43.0 Å². The van der Waals surface area contributed by atoms with Crippen LogP contribution < -0.4 is 14.8 Å². The highest BCUT2D eigenvalue weighted by molar-refractivity contribution is 7.99. The first-order valence-electron chi connectivity index (χ1n) is 10.4. The third kappa shape index (κ3) is 5.88. The van der Waals surface area contributed by atoms with Crippen LogP contribution in [0.25, 0.3) is 0 Å². The Balaban J connectivity index is 0.00000155. The zero-order chi connectivity index (χ0) is 22.1. The second-order valence-corrected chi connectivity index (χ2v) is 8.58. The van der Waals surface area contributed by atoms with Gasteiger partial charge in [-0.15, -0.1) is 11.8 Å². The average molecular weight is 455 g/mol. The summed E-state index contributed by atoms with van der Waals surface area (Å²) in [5, 5.41) is 3.90. The molecule has 0 amide bonds. The Kier molecular flexibility index (Phi) is 9.88. The molecule has 0 saturated carbocycles. The smallest absolute Gasteiger partial charge is 0.141 e. The lowest BCUT2D eigenvalue weighted by molar-refractivity contribution is 0.0164. The lowest BCUT2D eigenvalue weighted by Crippen LogP contribution is -2.44. The lowest BCUT2D eigenvalue weighted by atomic mass is 9.99. The summed E-state index contributed by atoms with van der Waals surface area (Å²) in [4.78, 5) is 2.48. The first-order chi connectivity index (χ1) is 14.5. The van der Waals surface area contributed by atoms with Crippen LogP contribution in [0.4, 0.5) is 0 Å². The summed E-state index contributed by atoms with van der Waals surface area (Å²) < 4.78 is 16.6. The number of likely N-dealkylation sites (tertiary alicyclic amines) is 1. The maximum Gasteiger partial charge on any atom is 0.141 e. The van der Waals surface area contributed by atoms with Crippen LogP contribution in [0.2, 0.25) is 5.02 Å². The molecule has 1 aromatic carbocycles. The van der Waals surface area contributed by atoms with Crippen LogP contribution >= 0.6 is 23.4 Å². The third-order valence-corrected chi connectivity index (χ3v) is 7.24. The number of piperidine rings is 1. The zero-order valence-corrected chi connectivity index (χ0v) is 20.5. The van der Waals surface area contributed by atoms with Gasteiger partial charge < -0.3 is 19.5 Å². The van der Waals surface area contributed by atoms with Crippen molar-refractivity contribution in [1.29, 1.82) is 0 Å². The molecule has 1 N–H and O–H groups in total. The Morgan fingerprint density at radius 3 is 2.23 bits per heavy atom. The number of dihydropyridines is 1. The quantitative estimate of drug-likeness (QED) is 0.566. The Bertz CT molecular complexity index is 715. The van der Waals surface area contributed by atoms with Crippen molar-refractivity contribution in [3.63, 3.8) is 0 Å². The van der Waals surface area contributed by atoms with Crippen LogP contribution in [0.1, 0.15) is 38.3 Å². The molecule has 7 heteroatoms. The summed E-state index contributed by atoms with van der Waals surface area (Å²) in [5.74, 6) is 1.23. The molecule has 3 rings (SSSR count). The fourth-order valence-electron chi connectivity index (χ4n) is 3.75. The van der Waals surface area contributed by atoms with Gasteiger partial charge in [-0.3, -0.25) is 4.90 Å². The summed E-state index contributed by atoms with van der Waals surface area (Å²) in [5.41, 5.74) is 2.35. The number of ether oxygens (including phenoxy) is 3. The van der Waals surface area contributed by atoms with E-state index in [4.69, 9.17) is 25.8 Å². The molecule has 0 aliphatic carbocycles. The molecule has 2 heterocycles. The van der Waals surface area contributed by atoms with Crippen molar-refractivity contribution in [3.05, 3.63) is 46.6 Å². The highest BCUT2D eigenvalue weighted by atomic mass is 35.5. The van der Waals surface area contributed by atoms with E-state index in [9.17, 15) is 0 Å². The number of rotatable bonds is 7. The number of hydrogen-bond acceptors (Lipinski definition) is 6. The van der Waals surface area contributed by atoms with Crippen LogP contribution in [0.5, 0.6) is 11.5 Å². The maximum atomic E-state index is 6.31. The van der Waals surface area contributed by atoms with Crippen molar-refractivity contribution in [2.45, 2.75) is 37.7 Å². The molecule has 1 fully saturated rings. The molecule has 1 aromatic rings. The standard InChI is InChI=1S/C21H29ClN2O3S.C2H6/c1-25-18-12-16(13-19(26-2)20(18)22)17-11-15(5-8-23-17)14-24-9-6-21(27-3,28-4)7-10-24;1-2/h5,8,11-13,17,23H,6-7,9-10,14H2,1-4H3;1-2H3. The number of nitrogens with one attached hydrogen (secondary N) is 1. The summed E-state index contributed by atoms with van der Waals surface area (Å²) in [7, 11) is 5.05. The van der Waals surface area contributed by atoms with Crippen molar-refractivity contribution in [2.24, 2.45) is 0 Å². The van der Waals surface area contributed by atoms with Gasteiger partial charge in [-0.25, -0.2) is 0 Å². The number of nitrogens with zero attached hydrogens (tertiary/aromatic N) is 1. The van der Waals surface area contributed by atoms with Gasteiger partial charge >= 0.3 is 0 Å². The molecule has 1 unspecified atom stereocenters. The molecule has 0 spiro atoms. The van der Waals surface area contributed by atoms with Gasteiger partial charge in [-0.2, -0.15) is 0 Å². The molecule has 2 aliphatic rings. The minimum absolute atomic E-state index is 0.0200. The van der Waals surface area contributed by atoms with Crippen molar-refractivity contribution in [2.75, 3.05) is 47.2 Å². The van der Waals surface area contributed by atoms with Gasteiger partial charge in [-0.1, -0.05) is 31.5 Å². The van der Waals surface area contributed by atoms with Crippen molar-refractivity contribution < 1.29 is 14.2 Å². The number of benzene rings is 1. The van der Waals surface area contributed by atoms with E-state index in [1.807, 2.05) is 51.1 Å². The largest absolute Gasteiger partial charge is 0.495 e. The maximum absolute atomic E-state index is 6.31. The summed E-state index contributed by atoms with van der Waals surface area (Å²) >= 11 is 8.13. The van der Waals surface area contributed by atoms with E-state index in [1.54, 1.807) is 14.2 Å². The first kappa shape index (κ1) is 24.9. The SMILES string of the molecule is CC.COc1cc(C2C=C(CN3CCC(OC)(SC)CC3)C=CN2)cc(OC)c1Cl. The molecular weight excluding hydrogens is 420 g/mol. The molecule has 1 saturated heterocycles. The van der Waals surface area contributed by atoms with E-state index in [1.165, 1.54) is 5.57 Å². The van der Waals surface area contributed by atoms with Crippen LogP contribution in [0.15, 0.2) is 36.1 Å². The minimum atomic E-state index is -0.0200. The van der Waals surface area contributed by atoms with Crippen molar-refractivity contribution in [3.8, 4) is 11.5 Å². The van der Waals surface area contributed by atoms with Crippen molar-refractivity contribution in [1.82, 2.24) is 10.2 Å². The van der Waals surface area contributed by atoms with Crippen LogP contribution in [-0.2, 0) is 4.74 Å². The summed E-state index contributed by atoms with van der Waals surface area (Å²) in [6, 6.07) is 3.97. The van der Waals surface area contributed by atoms with E-state index in [-0.39, 0.29) is 11.0 Å². The second-order valence-electron chi connectivity index (χ2n) is 7.05. The van der Waals surface area contributed by atoms with Gasteiger partial charge in [0.2, 0.25) is 0 Å². The Labute approximate surface area is 190 Å². The third-order valence-electron chi connectivity index (χ3n) is 5.55. The predicted octanol–water partition coefficient (Wildman–Crippen LogP) is 5.27. The van der Waals surface area contributed by atoms with E-state index in [0.29, 0.717) is 16.5 Å². The molecule has 30 heavy (non-hydrogen) atoms. The summed E-state index contributed by atoms with van der Waals surface area (Å²) in [6.45, 7) is 7.02.